The molecular weight excluding hydrogens is 316 g/mol. The standard InChI is InChI=1S/C19H18N4O2/c24-17-10-16(19(25)15-11-20-12-21-18(15)17)22-13-4-6-14(7-5-13)23-8-2-1-3-9-23/h4-7,10-12,22H,1-3,8-9H2. The molecule has 2 aromatic rings. The van der Waals surface area contributed by atoms with Gasteiger partial charge in [-0.3, -0.25) is 9.59 Å². The Bertz CT molecular complexity index is 852. The van der Waals surface area contributed by atoms with Gasteiger partial charge in [-0.2, -0.15) is 0 Å². The fourth-order valence-electron chi connectivity index (χ4n) is 3.26. The molecular formula is C19H18N4O2. The number of nitrogens with one attached hydrogen (secondary N) is 1. The van der Waals surface area contributed by atoms with Crippen molar-refractivity contribution >= 4 is 22.9 Å². The first kappa shape index (κ1) is 15.5. The maximum absolute atomic E-state index is 12.5. The van der Waals surface area contributed by atoms with E-state index in [4.69, 9.17) is 0 Å². The highest BCUT2D eigenvalue weighted by Gasteiger charge is 2.27. The van der Waals surface area contributed by atoms with Crippen LogP contribution in [-0.4, -0.2) is 34.6 Å². The Kier molecular flexibility index (Phi) is 4.01. The van der Waals surface area contributed by atoms with Gasteiger partial charge in [0.15, 0.2) is 0 Å². The molecule has 0 amide bonds. The van der Waals surface area contributed by atoms with Gasteiger partial charge in [0.05, 0.1) is 11.3 Å². The number of benzene rings is 1. The number of Topliss-reactive ketones (excluding diaryl/α,β-unsaturated/α-hetero) is 1. The van der Waals surface area contributed by atoms with Crippen LogP contribution in [0.25, 0.3) is 0 Å². The van der Waals surface area contributed by atoms with Crippen molar-refractivity contribution < 1.29 is 9.59 Å². The van der Waals surface area contributed by atoms with E-state index >= 15 is 0 Å². The van der Waals surface area contributed by atoms with E-state index in [1.165, 1.54) is 43.6 Å². The second kappa shape index (κ2) is 6.47. The second-order valence-electron chi connectivity index (χ2n) is 6.26. The molecule has 4 rings (SSSR count). The van der Waals surface area contributed by atoms with Gasteiger partial charge in [-0.15, -0.1) is 0 Å². The number of carbonyl (C=O) groups is 2. The summed E-state index contributed by atoms with van der Waals surface area (Å²) in [4.78, 5) is 34.7. The van der Waals surface area contributed by atoms with Crippen LogP contribution in [-0.2, 0) is 0 Å². The molecule has 2 heterocycles. The van der Waals surface area contributed by atoms with Gasteiger partial charge in [-0.25, -0.2) is 9.97 Å². The molecule has 0 spiro atoms. The monoisotopic (exact) mass is 334 g/mol. The lowest BCUT2D eigenvalue weighted by atomic mass is 9.98. The number of rotatable bonds is 3. The van der Waals surface area contributed by atoms with E-state index in [-0.39, 0.29) is 28.5 Å². The summed E-state index contributed by atoms with van der Waals surface area (Å²) >= 11 is 0. The first-order valence-electron chi connectivity index (χ1n) is 8.45. The van der Waals surface area contributed by atoms with Crippen molar-refractivity contribution in [3.63, 3.8) is 0 Å². The van der Waals surface area contributed by atoms with E-state index in [0.717, 1.165) is 18.8 Å². The number of nitrogens with zero attached hydrogens (tertiary/aromatic N) is 3. The van der Waals surface area contributed by atoms with Crippen LogP contribution in [0, 0.1) is 0 Å². The Morgan fingerprint density at radius 2 is 1.76 bits per heavy atom. The van der Waals surface area contributed by atoms with E-state index in [9.17, 15) is 9.59 Å². The maximum Gasteiger partial charge on any atom is 0.213 e. The van der Waals surface area contributed by atoms with Crippen molar-refractivity contribution in [2.45, 2.75) is 19.3 Å². The lowest BCUT2D eigenvalue weighted by Gasteiger charge is -2.29. The summed E-state index contributed by atoms with van der Waals surface area (Å²) < 4.78 is 0. The third-order valence-electron chi connectivity index (χ3n) is 4.58. The molecule has 126 valence electrons. The number of fused-ring (bicyclic) bond motifs is 1. The van der Waals surface area contributed by atoms with Gasteiger partial charge in [0, 0.05) is 36.7 Å². The van der Waals surface area contributed by atoms with Crippen LogP contribution in [0.2, 0.25) is 0 Å². The molecule has 0 atom stereocenters. The largest absolute Gasteiger partial charge is 0.372 e. The van der Waals surface area contributed by atoms with Gasteiger partial charge >= 0.3 is 0 Å². The first-order chi connectivity index (χ1) is 12.2. The molecule has 0 unspecified atom stereocenters. The van der Waals surface area contributed by atoms with Gasteiger partial charge in [-0.1, -0.05) is 0 Å². The minimum absolute atomic E-state index is 0.158. The number of hydrogen-bond donors (Lipinski definition) is 1. The molecule has 1 saturated heterocycles. The number of ketones is 2. The number of allylic oxidation sites excluding steroid dienone is 2. The topological polar surface area (TPSA) is 75.2 Å². The molecule has 1 aromatic carbocycles. The van der Waals surface area contributed by atoms with Gasteiger partial charge in [0.2, 0.25) is 11.6 Å². The summed E-state index contributed by atoms with van der Waals surface area (Å²) in [5.74, 6) is -0.556. The van der Waals surface area contributed by atoms with E-state index in [1.54, 1.807) is 0 Å². The minimum atomic E-state index is -0.288. The van der Waals surface area contributed by atoms with Crippen LogP contribution >= 0.6 is 0 Å². The van der Waals surface area contributed by atoms with Crippen molar-refractivity contribution in [3.05, 3.63) is 59.8 Å². The van der Waals surface area contributed by atoms with Crippen LogP contribution < -0.4 is 10.2 Å². The third kappa shape index (κ3) is 3.03. The Hall–Kier alpha value is -3.02. The predicted molar refractivity (Wildman–Crippen MR) is 94.9 cm³/mol. The van der Waals surface area contributed by atoms with Gasteiger partial charge in [0.1, 0.15) is 12.0 Å². The highest BCUT2D eigenvalue weighted by molar-refractivity contribution is 6.24. The SMILES string of the molecule is O=C1C(Nc2ccc(N3CCCCC3)cc2)=CC(=O)c2ncncc21. The Balaban J connectivity index is 1.52. The highest BCUT2D eigenvalue weighted by atomic mass is 16.1. The molecule has 1 aliphatic heterocycles. The molecule has 1 aliphatic carbocycles. The summed E-state index contributed by atoms with van der Waals surface area (Å²) in [6.45, 7) is 2.17. The fraction of sp³-hybridized carbons (Fsp3) is 0.263. The van der Waals surface area contributed by atoms with Gasteiger partial charge in [-0.05, 0) is 43.5 Å². The molecule has 6 nitrogen and oxygen atoms in total. The number of anilines is 2. The average Bonchev–Trinajstić information content (AvgIpc) is 2.67. The molecule has 0 bridgehead atoms. The van der Waals surface area contributed by atoms with Crippen molar-refractivity contribution in [2.75, 3.05) is 23.3 Å². The van der Waals surface area contributed by atoms with Crippen molar-refractivity contribution in [1.29, 1.82) is 0 Å². The van der Waals surface area contributed by atoms with Gasteiger partial charge < -0.3 is 10.2 Å². The zero-order chi connectivity index (χ0) is 17.2. The van der Waals surface area contributed by atoms with Gasteiger partial charge in [0.25, 0.3) is 0 Å². The van der Waals surface area contributed by atoms with E-state index in [2.05, 4.69) is 20.2 Å². The smallest absolute Gasteiger partial charge is 0.213 e. The summed E-state index contributed by atoms with van der Waals surface area (Å²) in [5.41, 5.74) is 2.60. The summed E-state index contributed by atoms with van der Waals surface area (Å²) in [7, 11) is 0. The lowest BCUT2D eigenvalue weighted by molar-refractivity contribution is 0.0981. The third-order valence-corrected chi connectivity index (χ3v) is 4.58. The van der Waals surface area contributed by atoms with E-state index in [1.807, 2.05) is 24.3 Å². The zero-order valence-electron chi connectivity index (χ0n) is 13.7. The minimum Gasteiger partial charge on any atom is -0.372 e. The second-order valence-corrected chi connectivity index (χ2v) is 6.26. The molecule has 1 N–H and O–H groups in total. The fourth-order valence-corrected chi connectivity index (χ4v) is 3.26. The highest BCUT2D eigenvalue weighted by Crippen LogP contribution is 2.24. The van der Waals surface area contributed by atoms with Crippen LogP contribution in [0.1, 0.15) is 40.1 Å². The Labute approximate surface area is 145 Å². The van der Waals surface area contributed by atoms with Crippen molar-refractivity contribution in [2.24, 2.45) is 0 Å². The van der Waals surface area contributed by atoms with E-state index < -0.39 is 0 Å². The average molecular weight is 334 g/mol. The Morgan fingerprint density at radius 3 is 2.52 bits per heavy atom. The van der Waals surface area contributed by atoms with E-state index in [0.29, 0.717) is 0 Å². The molecule has 2 aliphatic rings. The number of aromatic nitrogens is 2. The molecule has 1 fully saturated rings. The van der Waals surface area contributed by atoms with Crippen molar-refractivity contribution in [1.82, 2.24) is 9.97 Å². The quantitative estimate of drug-likeness (QED) is 0.930. The first-order valence-corrected chi connectivity index (χ1v) is 8.45. The van der Waals surface area contributed by atoms with Crippen LogP contribution in [0.5, 0.6) is 0 Å². The van der Waals surface area contributed by atoms with Crippen LogP contribution in [0.3, 0.4) is 0 Å². The molecule has 1 aromatic heterocycles. The maximum atomic E-state index is 12.5. The number of hydrogen-bond acceptors (Lipinski definition) is 6. The molecule has 0 radical (unpaired) electrons. The zero-order valence-corrected chi connectivity index (χ0v) is 13.7. The van der Waals surface area contributed by atoms with Crippen LogP contribution in [0.4, 0.5) is 11.4 Å². The number of carbonyl (C=O) groups excluding carboxylic acids is 2. The van der Waals surface area contributed by atoms with Crippen molar-refractivity contribution in [3.8, 4) is 0 Å². The summed E-state index contributed by atoms with van der Waals surface area (Å²) in [6, 6.07) is 7.94. The lowest BCUT2D eigenvalue weighted by Crippen LogP contribution is -2.29. The number of piperidine rings is 1. The Morgan fingerprint density at radius 1 is 1.00 bits per heavy atom. The molecule has 0 saturated carbocycles. The predicted octanol–water partition coefficient (Wildman–Crippen LogP) is 2.84. The van der Waals surface area contributed by atoms with Crippen LogP contribution in [0.15, 0.2) is 48.6 Å². The summed E-state index contributed by atoms with van der Waals surface area (Å²) in [5, 5.41) is 3.05. The molecule has 25 heavy (non-hydrogen) atoms. The normalized spacial score (nSPS) is 17.1. The molecule has 6 heteroatoms. The summed E-state index contributed by atoms with van der Waals surface area (Å²) in [6.07, 6.45) is 7.71.